The van der Waals surface area contributed by atoms with Crippen LogP contribution in [0.5, 0.6) is 0 Å². The Morgan fingerprint density at radius 2 is 1.83 bits per heavy atom. The Kier molecular flexibility index (Phi) is 5.44. The van der Waals surface area contributed by atoms with Crippen molar-refractivity contribution in [1.82, 2.24) is 10.2 Å². The van der Waals surface area contributed by atoms with Gasteiger partial charge < -0.3 is 0 Å². The van der Waals surface area contributed by atoms with Gasteiger partial charge in [-0.1, -0.05) is 22.9 Å². The lowest BCUT2D eigenvalue weighted by molar-refractivity contribution is 0.102. The van der Waals surface area contributed by atoms with Crippen molar-refractivity contribution in [3.63, 3.8) is 0 Å². The van der Waals surface area contributed by atoms with Gasteiger partial charge in [-0.25, -0.2) is 4.39 Å². The summed E-state index contributed by atoms with van der Waals surface area (Å²) in [5, 5.41) is 12.6. The summed E-state index contributed by atoms with van der Waals surface area (Å²) in [5.74, 6) is -0.0850. The van der Waals surface area contributed by atoms with Crippen molar-refractivity contribution in [2.24, 2.45) is 0 Å². The normalized spacial score (nSPS) is 10.6. The lowest BCUT2D eigenvalue weighted by atomic mass is 10.2. The van der Waals surface area contributed by atoms with Crippen molar-refractivity contribution in [1.29, 1.82) is 0 Å². The van der Waals surface area contributed by atoms with Gasteiger partial charge in [0.1, 0.15) is 10.8 Å². The first-order valence-corrected chi connectivity index (χ1v) is 9.06. The standard InChI is InChI=1S/C16H11ClFN3OS2/c17-11-3-7-13(8-4-11)23-9-14-20-21-16(24-14)19-15(22)10-1-5-12(18)6-2-10/h1-8H,9H2,(H,19,21,22). The van der Waals surface area contributed by atoms with Crippen LogP contribution >= 0.6 is 34.7 Å². The summed E-state index contributed by atoms with van der Waals surface area (Å²) < 4.78 is 12.9. The first-order valence-electron chi connectivity index (χ1n) is 6.88. The first-order chi connectivity index (χ1) is 11.6. The molecule has 0 radical (unpaired) electrons. The summed E-state index contributed by atoms with van der Waals surface area (Å²) >= 11 is 8.76. The summed E-state index contributed by atoms with van der Waals surface area (Å²) in [5.41, 5.74) is 0.365. The first kappa shape index (κ1) is 16.9. The number of benzene rings is 2. The number of halogens is 2. The Labute approximate surface area is 151 Å². The monoisotopic (exact) mass is 379 g/mol. The van der Waals surface area contributed by atoms with Crippen LogP contribution in [-0.2, 0) is 5.75 Å². The van der Waals surface area contributed by atoms with E-state index in [-0.39, 0.29) is 11.7 Å². The molecule has 0 atom stereocenters. The van der Waals surface area contributed by atoms with E-state index in [1.54, 1.807) is 11.8 Å². The molecule has 2 aromatic carbocycles. The minimum atomic E-state index is -0.385. The summed E-state index contributed by atoms with van der Waals surface area (Å²) in [4.78, 5) is 13.1. The number of nitrogens with zero attached hydrogens (tertiary/aromatic N) is 2. The Hall–Kier alpha value is -1.96. The molecule has 3 aromatic rings. The predicted molar refractivity (Wildman–Crippen MR) is 95.3 cm³/mol. The van der Waals surface area contributed by atoms with E-state index >= 15 is 0 Å². The number of carbonyl (C=O) groups is 1. The van der Waals surface area contributed by atoms with Gasteiger partial charge in [0.2, 0.25) is 5.13 Å². The van der Waals surface area contributed by atoms with Crippen molar-refractivity contribution < 1.29 is 9.18 Å². The number of carbonyl (C=O) groups excluding carboxylic acids is 1. The van der Waals surface area contributed by atoms with E-state index < -0.39 is 0 Å². The molecule has 0 saturated heterocycles. The molecule has 0 fully saturated rings. The Morgan fingerprint density at radius 3 is 2.54 bits per heavy atom. The fourth-order valence-electron chi connectivity index (χ4n) is 1.81. The smallest absolute Gasteiger partial charge is 0.257 e. The van der Waals surface area contributed by atoms with E-state index in [9.17, 15) is 9.18 Å². The average Bonchev–Trinajstić information content (AvgIpc) is 3.02. The van der Waals surface area contributed by atoms with E-state index in [0.29, 0.717) is 21.5 Å². The zero-order chi connectivity index (χ0) is 16.9. The van der Waals surface area contributed by atoms with Crippen LogP contribution in [0.1, 0.15) is 15.4 Å². The van der Waals surface area contributed by atoms with Gasteiger partial charge in [-0.3, -0.25) is 10.1 Å². The average molecular weight is 380 g/mol. The van der Waals surface area contributed by atoms with Gasteiger partial charge in [-0.05, 0) is 48.5 Å². The highest BCUT2D eigenvalue weighted by Crippen LogP contribution is 2.27. The van der Waals surface area contributed by atoms with Crippen LogP contribution in [0.4, 0.5) is 9.52 Å². The lowest BCUT2D eigenvalue weighted by Crippen LogP contribution is -2.11. The van der Waals surface area contributed by atoms with Gasteiger partial charge in [-0.2, -0.15) is 0 Å². The van der Waals surface area contributed by atoms with Crippen molar-refractivity contribution in [2.75, 3.05) is 5.32 Å². The quantitative estimate of drug-likeness (QED) is 0.642. The predicted octanol–water partition coefficient (Wildman–Crippen LogP) is 4.88. The van der Waals surface area contributed by atoms with Crippen molar-refractivity contribution >= 4 is 45.7 Å². The summed E-state index contributed by atoms with van der Waals surface area (Å²) in [7, 11) is 0. The number of rotatable bonds is 5. The van der Waals surface area contributed by atoms with E-state index in [0.717, 1.165) is 9.90 Å². The molecule has 0 saturated carbocycles. The van der Waals surface area contributed by atoms with Gasteiger partial charge in [-0.15, -0.1) is 22.0 Å². The van der Waals surface area contributed by atoms with E-state index in [1.807, 2.05) is 24.3 Å². The number of hydrogen-bond donors (Lipinski definition) is 1. The molecule has 1 aromatic heterocycles. The highest BCUT2D eigenvalue weighted by molar-refractivity contribution is 7.98. The summed E-state index contributed by atoms with van der Waals surface area (Å²) in [6.45, 7) is 0. The number of anilines is 1. The highest BCUT2D eigenvalue weighted by atomic mass is 35.5. The van der Waals surface area contributed by atoms with Crippen LogP contribution in [-0.4, -0.2) is 16.1 Å². The second-order valence-electron chi connectivity index (χ2n) is 4.70. The summed E-state index contributed by atoms with van der Waals surface area (Å²) in [6.07, 6.45) is 0. The fourth-order valence-corrected chi connectivity index (χ4v) is 3.55. The molecule has 1 heterocycles. The molecule has 0 bridgehead atoms. The third kappa shape index (κ3) is 4.53. The molecule has 0 spiro atoms. The molecule has 3 rings (SSSR count). The largest absolute Gasteiger partial charge is 0.296 e. The maximum absolute atomic E-state index is 12.9. The molecular formula is C16H11ClFN3OS2. The van der Waals surface area contributed by atoms with E-state index in [1.165, 1.54) is 35.6 Å². The van der Waals surface area contributed by atoms with Gasteiger partial charge in [0.15, 0.2) is 0 Å². The maximum atomic E-state index is 12.9. The van der Waals surface area contributed by atoms with Crippen molar-refractivity contribution in [2.45, 2.75) is 10.6 Å². The Morgan fingerprint density at radius 1 is 1.12 bits per heavy atom. The van der Waals surface area contributed by atoms with Crippen LogP contribution in [0.2, 0.25) is 5.02 Å². The molecule has 1 N–H and O–H groups in total. The van der Waals surface area contributed by atoms with E-state index in [2.05, 4.69) is 15.5 Å². The molecule has 24 heavy (non-hydrogen) atoms. The maximum Gasteiger partial charge on any atom is 0.257 e. The van der Waals surface area contributed by atoms with E-state index in [4.69, 9.17) is 11.6 Å². The third-order valence-corrected chi connectivity index (χ3v) is 5.27. The van der Waals surface area contributed by atoms with Gasteiger partial charge in [0.25, 0.3) is 5.91 Å². The molecule has 0 aliphatic heterocycles. The van der Waals surface area contributed by atoms with Crippen LogP contribution in [0, 0.1) is 5.82 Å². The molecular weight excluding hydrogens is 369 g/mol. The Bertz CT molecular complexity index is 837. The van der Waals surface area contributed by atoms with Crippen LogP contribution in [0.25, 0.3) is 0 Å². The second-order valence-corrected chi connectivity index (χ2v) is 7.25. The molecule has 122 valence electrons. The van der Waals surface area contributed by atoms with Gasteiger partial charge in [0, 0.05) is 15.5 Å². The highest BCUT2D eigenvalue weighted by Gasteiger charge is 2.10. The lowest BCUT2D eigenvalue weighted by Gasteiger charge is -2.00. The third-order valence-electron chi connectivity index (χ3n) is 2.97. The van der Waals surface area contributed by atoms with Crippen LogP contribution < -0.4 is 5.32 Å². The van der Waals surface area contributed by atoms with Crippen LogP contribution in [0.15, 0.2) is 53.4 Å². The second kappa shape index (κ2) is 7.74. The number of thioether (sulfide) groups is 1. The molecule has 0 aliphatic carbocycles. The minimum Gasteiger partial charge on any atom is -0.296 e. The molecule has 8 heteroatoms. The number of aromatic nitrogens is 2. The number of hydrogen-bond acceptors (Lipinski definition) is 5. The minimum absolute atomic E-state index is 0.344. The SMILES string of the molecule is O=C(Nc1nnc(CSc2ccc(Cl)cc2)s1)c1ccc(F)cc1. The fraction of sp³-hybridized carbons (Fsp3) is 0.0625. The van der Waals surface area contributed by atoms with Gasteiger partial charge >= 0.3 is 0 Å². The molecule has 4 nitrogen and oxygen atoms in total. The zero-order valence-electron chi connectivity index (χ0n) is 12.2. The van der Waals surface area contributed by atoms with Crippen molar-refractivity contribution in [3.8, 4) is 0 Å². The number of amides is 1. The van der Waals surface area contributed by atoms with Gasteiger partial charge in [0.05, 0.1) is 5.75 Å². The Balaban J connectivity index is 1.58. The zero-order valence-corrected chi connectivity index (χ0v) is 14.6. The van der Waals surface area contributed by atoms with Crippen LogP contribution in [0.3, 0.4) is 0 Å². The topological polar surface area (TPSA) is 54.9 Å². The number of nitrogens with one attached hydrogen (secondary N) is 1. The van der Waals surface area contributed by atoms with Crippen molar-refractivity contribution in [3.05, 3.63) is 69.9 Å². The molecule has 0 aliphatic rings. The summed E-state index contributed by atoms with van der Waals surface area (Å²) in [6, 6.07) is 12.9. The molecule has 1 amide bonds. The molecule has 0 unspecified atom stereocenters.